The third-order valence-electron chi connectivity index (χ3n) is 2.41. The number of H-pyrrole nitrogens is 1. The summed E-state index contributed by atoms with van der Waals surface area (Å²) < 4.78 is 5.55. The molecule has 0 saturated carbocycles. The van der Waals surface area contributed by atoms with Gasteiger partial charge in [-0.25, -0.2) is 5.10 Å². The Bertz CT molecular complexity index is 624. The zero-order valence-corrected chi connectivity index (χ0v) is 10.4. The van der Waals surface area contributed by atoms with Gasteiger partial charge in [0.05, 0.1) is 5.69 Å². The van der Waals surface area contributed by atoms with Gasteiger partial charge in [-0.2, -0.15) is 5.10 Å². The predicted octanol–water partition coefficient (Wildman–Crippen LogP) is 2.51. The van der Waals surface area contributed by atoms with E-state index in [1.54, 1.807) is 12.1 Å². The highest BCUT2D eigenvalue weighted by atomic mass is 16.5. The number of hydrogen-bond donors (Lipinski definition) is 1. The number of nitrogens with zero attached hydrogens (tertiary/aromatic N) is 1. The molecule has 4 heteroatoms. The maximum atomic E-state index is 10.9. The maximum absolute atomic E-state index is 10.9. The molecule has 0 unspecified atom stereocenters. The molecule has 1 N–H and O–H groups in total. The Morgan fingerprint density at radius 2 is 2.05 bits per heavy atom. The van der Waals surface area contributed by atoms with E-state index in [-0.39, 0.29) is 5.56 Å². The Kier molecular flexibility index (Phi) is 4.29. The fraction of sp³-hybridized carbons (Fsp3) is 0.0667. The van der Waals surface area contributed by atoms with Gasteiger partial charge in [0.15, 0.2) is 0 Å². The lowest BCUT2D eigenvalue weighted by atomic mass is 10.1. The van der Waals surface area contributed by atoms with Gasteiger partial charge in [0.2, 0.25) is 0 Å². The normalized spacial score (nSPS) is 10.5. The van der Waals surface area contributed by atoms with Gasteiger partial charge in [-0.1, -0.05) is 30.9 Å². The molecule has 0 radical (unpaired) electrons. The van der Waals surface area contributed by atoms with Crippen molar-refractivity contribution < 1.29 is 4.74 Å². The fourth-order valence-electron chi connectivity index (χ4n) is 1.52. The van der Waals surface area contributed by atoms with Crippen molar-refractivity contribution in [2.24, 2.45) is 0 Å². The molecule has 0 bridgehead atoms. The Labute approximate surface area is 111 Å². The third-order valence-corrected chi connectivity index (χ3v) is 2.41. The van der Waals surface area contributed by atoms with Crippen molar-refractivity contribution in [2.45, 2.75) is 0 Å². The second-order valence-electron chi connectivity index (χ2n) is 3.82. The Hall–Kier alpha value is -2.62. The monoisotopic (exact) mass is 254 g/mol. The summed E-state index contributed by atoms with van der Waals surface area (Å²) in [4.78, 5) is 10.9. The smallest absolute Gasteiger partial charge is 0.264 e. The summed E-state index contributed by atoms with van der Waals surface area (Å²) in [7, 11) is 0. The van der Waals surface area contributed by atoms with E-state index in [0.29, 0.717) is 12.3 Å². The second kappa shape index (κ2) is 6.35. The molecular formula is C15H14N2O2. The molecule has 2 rings (SSSR count). The van der Waals surface area contributed by atoms with Crippen LogP contribution in [-0.2, 0) is 0 Å². The number of aromatic amines is 1. The van der Waals surface area contributed by atoms with E-state index in [9.17, 15) is 4.79 Å². The average molecular weight is 254 g/mol. The molecule has 0 fully saturated rings. The number of benzene rings is 1. The SMILES string of the molecule is C=CCOc1ccccc1C=Cc1ccc(=O)[nH]n1. The quantitative estimate of drug-likeness (QED) is 0.834. The van der Waals surface area contributed by atoms with Gasteiger partial charge in [0, 0.05) is 11.6 Å². The lowest BCUT2D eigenvalue weighted by Gasteiger charge is -2.06. The topological polar surface area (TPSA) is 55.0 Å². The van der Waals surface area contributed by atoms with E-state index < -0.39 is 0 Å². The molecule has 1 heterocycles. The lowest BCUT2D eigenvalue weighted by molar-refractivity contribution is 0.362. The first kappa shape index (κ1) is 12.8. The van der Waals surface area contributed by atoms with Crippen molar-refractivity contribution in [3.8, 4) is 5.75 Å². The molecule has 0 saturated heterocycles. The molecule has 19 heavy (non-hydrogen) atoms. The molecule has 0 aliphatic heterocycles. The third kappa shape index (κ3) is 3.67. The van der Waals surface area contributed by atoms with Crippen LogP contribution in [0.15, 0.2) is 53.8 Å². The number of nitrogens with one attached hydrogen (secondary N) is 1. The summed E-state index contributed by atoms with van der Waals surface area (Å²) in [5, 5.41) is 6.29. The number of rotatable bonds is 5. The molecule has 1 aromatic carbocycles. The van der Waals surface area contributed by atoms with Crippen molar-refractivity contribution in [3.63, 3.8) is 0 Å². The van der Waals surface area contributed by atoms with Crippen LogP contribution < -0.4 is 10.3 Å². The second-order valence-corrected chi connectivity index (χ2v) is 3.82. The van der Waals surface area contributed by atoms with E-state index in [1.165, 1.54) is 6.07 Å². The number of aromatic nitrogens is 2. The zero-order chi connectivity index (χ0) is 13.5. The highest BCUT2D eigenvalue weighted by molar-refractivity contribution is 5.71. The van der Waals surface area contributed by atoms with Crippen LogP contribution in [0.25, 0.3) is 12.2 Å². The number of para-hydroxylation sites is 1. The molecular weight excluding hydrogens is 240 g/mol. The van der Waals surface area contributed by atoms with Crippen LogP contribution in [0, 0.1) is 0 Å². The molecule has 96 valence electrons. The van der Waals surface area contributed by atoms with E-state index in [2.05, 4.69) is 16.8 Å². The minimum absolute atomic E-state index is 0.216. The lowest BCUT2D eigenvalue weighted by Crippen LogP contribution is -2.05. The van der Waals surface area contributed by atoms with Gasteiger partial charge in [-0.15, -0.1) is 0 Å². The Morgan fingerprint density at radius 3 is 2.79 bits per heavy atom. The summed E-state index contributed by atoms with van der Waals surface area (Å²) in [6, 6.07) is 10.8. The highest BCUT2D eigenvalue weighted by Gasteiger charge is 1.98. The summed E-state index contributed by atoms with van der Waals surface area (Å²) >= 11 is 0. The summed E-state index contributed by atoms with van der Waals surface area (Å²) in [6.45, 7) is 4.08. The average Bonchev–Trinajstić information content (AvgIpc) is 2.45. The molecule has 0 atom stereocenters. The first-order valence-electron chi connectivity index (χ1n) is 5.86. The molecule has 0 amide bonds. The maximum Gasteiger partial charge on any atom is 0.264 e. The van der Waals surface area contributed by atoms with E-state index in [1.807, 2.05) is 36.4 Å². The van der Waals surface area contributed by atoms with Crippen molar-refractivity contribution in [2.75, 3.05) is 6.61 Å². The van der Waals surface area contributed by atoms with Crippen molar-refractivity contribution in [1.29, 1.82) is 0 Å². The fourth-order valence-corrected chi connectivity index (χ4v) is 1.52. The van der Waals surface area contributed by atoms with Gasteiger partial charge in [0.25, 0.3) is 5.56 Å². The largest absolute Gasteiger partial charge is 0.489 e. The summed E-state index contributed by atoms with van der Waals surface area (Å²) in [5.41, 5.74) is 1.40. The van der Waals surface area contributed by atoms with Crippen LogP contribution in [0.1, 0.15) is 11.3 Å². The van der Waals surface area contributed by atoms with Gasteiger partial charge in [0.1, 0.15) is 12.4 Å². The van der Waals surface area contributed by atoms with Gasteiger partial charge in [-0.05, 0) is 24.3 Å². The standard InChI is InChI=1S/C15H14N2O2/c1-2-11-19-14-6-4-3-5-12(14)7-8-13-9-10-15(18)17-16-13/h2-10H,1,11H2,(H,17,18). The van der Waals surface area contributed by atoms with Crippen LogP contribution >= 0.6 is 0 Å². The predicted molar refractivity (Wildman–Crippen MR) is 75.9 cm³/mol. The van der Waals surface area contributed by atoms with Crippen LogP contribution in [0.4, 0.5) is 0 Å². The van der Waals surface area contributed by atoms with Crippen molar-refractivity contribution in [1.82, 2.24) is 10.2 Å². The van der Waals surface area contributed by atoms with Crippen LogP contribution in [0.3, 0.4) is 0 Å². The van der Waals surface area contributed by atoms with Crippen LogP contribution in [0.5, 0.6) is 5.75 Å². The molecule has 0 spiro atoms. The van der Waals surface area contributed by atoms with Gasteiger partial charge < -0.3 is 4.74 Å². The summed E-state index contributed by atoms with van der Waals surface area (Å²) in [6.07, 6.45) is 5.40. The first-order valence-corrected chi connectivity index (χ1v) is 5.86. The first-order chi connectivity index (χ1) is 9.29. The van der Waals surface area contributed by atoms with Crippen LogP contribution in [-0.4, -0.2) is 16.8 Å². The van der Waals surface area contributed by atoms with Crippen molar-refractivity contribution in [3.05, 3.63) is 70.7 Å². The van der Waals surface area contributed by atoms with Crippen molar-refractivity contribution >= 4 is 12.2 Å². The highest BCUT2D eigenvalue weighted by Crippen LogP contribution is 2.20. The van der Waals surface area contributed by atoms with E-state index >= 15 is 0 Å². The summed E-state index contributed by atoms with van der Waals surface area (Å²) in [5.74, 6) is 0.781. The number of hydrogen-bond acceptors (Lipinski definition) is 3. The molecule has 0 aliphatic carbocycles. The molecule has 0 aliphatic rings. The minimum Gasteiger partial charge on any atom is -0.489 e. The number of ether oxygens (including phenoxy) is 1. The molecule has 2 aromatic rings. The van der Waals surface area contributed by atoms with Gasteiger partial charge in [-0.3, -0.25) is 4.79 Å². The molecule has 1 aromatic heterocycles. The Morgan fingerprint density at radius 1 is 1.21 bits per heavy atom. The van der Waals surface area contributed by atoms with Gasteiger partial charge >= 0.3 is 0 Å². The Balaban J connectivity index is 2.20. The zero-order valence-electron chi connectivity index (χ0n) is 10.4. The van der Waals surface area contributed by atoms with Crippen LogP contribution in [0.2, 0.25) is 0 Å². The molecule has 4 nitrogen and oxygen atoms in total. The van der Waals surface area contributed by atoms with E-state index in [4.69, 9.17) is 4.74 Å². The minimum atomic E-state index is -0.216. The van der Waals surface area contributed by atoms with E-state index in [0.717, 1.165) is 11.3 Å².